The van der Waals surface area contributed by atoms with E-state index in [1.165, 1.54) is 29.4 Å². The van der Waals surface area contributed by atoms with Crippen molar-refractivity contribution in [3.8, 4) is 0 Å². The first-order valence-corrected chi connectivity index (χ1v) is 14.0. The summed E-state index contributed by atoms with van der Waals surface area (Å²) in [5.41, 5.74) is 10.7. The minimum absolute atomic E-state index is 0.00431. The summed E-state index contributed by atoms with van der Waals surface area (Å²) in [4.78, 5) is 17.4. The van der Waals surface area contributed by atoms with Crippen molar-refractivity contribution in [3.05, 3.63) is 83.4 Å². The highest BCUT2D eigenvalue weighted by Crippen LogP contribution is 2.22. The number of nitrogen functional groups attached to an aromatic ring is 1. The quantitative estimate of drug-likeness (QED) is 0.387. The van der Waals surface area contributed by atoms with Crippen LogP contribution in [0, 0.1) is 6.92 Å². The van der Waals surface area contributed by atoms with E-state index in [0.717, 1.165) is 38.4 Å². The summed E-state index contributed by atoms with van der Waals surface area (Å²) in [6.45, 7) is 10.5. The number of nitrogens with two attached hydrogens (primary N) is 1. The zero-order valence-electron chi connectivity index (χ0n) is 21.6. The minimum atomic E-state index is -4.00. The van der Waals surface area contributed by atoms with E-state index in [0.29, 0.717) is 17.3 Å². The number of hydrogen-bond acceptors (Lipinski definition) is 7. The van der Waals surface area contributed by atoms with E-state index in [2.05, 4.69) is 58.0 Å². The molecule has 1 amide bonds. The van der Waals surface area contributed by atoms with Crippen molar-refractivity contribution in [3.63, 3.8) is 0 Å². The number of rotatable bonds is 8. The fourth-order valence-electron chi connectivity index (χ4n) is 4.39. The fraction of sp³-hybridized carbons (Fsp3) is 0.321. The molecule has 196 valence electrons. The predicted octanol–water partition coefficient (Wildman–Crippen LogP) is 3.84. The Kier molecular flexibility index (Phi) is 8.04. The van der Waals surface area contributed by atoms with Gasteiger partial charge in [-0.15, -0.1) is 0 Å². The van der Waals surface area contributed by atoms with Crippen LogP contribution in [0.1, 0.15) is 35.3 Å². The molecule has 4 N–H and O–H groups in total. The number of piperazine rings is 1. The molecule has 0 aromatic heterocycles. The lowest BCUT2D eigenvalue weighted by Gasteiger charge is -2.36. The van der Waals surface area contributed by atoms with E-state index < -0.39 is 15.9 Å². The first-order valence-electron chi connectivity index (χ1n) is 12.5. The second kappa shape index (κ2) is 11.2. The normalized spacial score (nSPS) is 14.5. The average Bonchev–Trinajstić information content (AvgIpc) is 2.87. The topological polar surface area (TPSA) is 108 Å². The fourth-order valence-corrected chi connectivity index (χ4v) is 5.45. The van der Waals surface area contributed by atoms with E-state index in [9.17, 15) is 13.2 Å². The Balaban J connectivity index is 1.34. The third kappa shape index (κ3) is 6.61. The van der Waals surface area contributed by atoms with Crippen LogP contribution >= 0.6 is 0 Å². The molecule has 8 nitrogen and oxygen atoms in total. The minimum Gasteiger partial charge on any atom is -0.399 e. The Morgan fingerprint density at radius 3 is 2.30 bits per heavy atom. The number of nitrogens with one attached hydrogen (secondary N) is 2. The van der Waals surface area contributed by atoms with Gasteiger partial charge in [-0.2, -0.15) is 0 Å². The standard InChI is InChI=1S/C28H35N5O3S/c1-20(2)30-27-7-5-4-6-23(27)19-32-14-16-33(17-15-32)24-10-8-22(9-11-24)28(34)31-37(35,36)25-12-13-26(29)21(3)18-25/h4-13,18,20,30H,14-17,19,29H2,1-3H3,(H,31,34). The molecule has 0 aliphatic carbocycles. The van der Waals surface area contributed by atoms with Gasteiger partial charge in [0.25, 0.3) is 15.9 Å². The number of carbonyl (C=O) groups is 1. The Morgan fingerprint density at radius 1 is 0.973 bits per heavy atom. The summed E-state index contributed by atoms with van der Waals surface area (Å²) < 4.78 is 27.4. The summed E-state index contributed by atoms with van der Waals surface area (Å²) in [7, 11) is -4.00. The Bertz CT molecular complexity index is 1350. The maximum absolute atomic E-state index is 12.6. The molecule has 4 rings (SSSR count). The largest absolute Gasteiger partial charge is 0.399 e. The lowest BCUT2D eigenvalue weighted by atomic mass is 10.1. The molecular formula is C28H35N5O3S. The van der Waals surface area contributed by atoms with Crippen LogP contribution < -0.4 is 20.7 Å². The maximum atomic E-state index is 12.6. The second-order valence-corrected chi connectivity index (χ2v) is 11.4. The van der Waals surface area contributed by atoms with Gasteiger partial charge in [-0.05, 0) is 80.4 Å². The van der Waals surface area contributed by atoms with Gasteiger partial charge in [0.2, 0.25) is 0 Å². The van der Waals surface area contributed by atoms with Crippen molar-refractivity contribution in [1.82, 2.24) is 9.62 Å². The predicted molar refractivity (Wildman–Crippen MR) is 149 cm³/mol. The monoisotopic (exact) mass is 521 g/mol. The molecule has 0 unspecified atom stereocenters. The summed E-state index contributed by atoms with van der Waals surface area (Å²) in [6.07, 6.45) is 0. The summed E-state index contributed by atoms with van der Waals surface area (Å²) >= 11 is 0. The smallest absolute Gasteiger partial charge is 0.264 e. The van der Waals surface area contributed by atoms with Crippen LogP contribution in [-0.2, 0) is 16.6 Å². The molecule has 3 aromatic carbocycles. The zero-order valence-corrected chi connectivity index (χ0v) is 22.4. The van der Waals surface area contributed by atoms with Crippen molar-refractivity contribution >= 4 is 33.0 Å². The number of sulfonamides is 1. The molecule has 3 aromatic rings. The number of anilines is 3. The molecule has 0 radical (unpaired) electrons. The lowest BCUT2D eigenvalue weighted by Crippen LogP contribution is -2.46. The summed E-state index contributed by atoms with van der Waals surface area (Å²) in [5, 5.41) is 3.53. The SMILES string of the molecule is Cc1cc(S(=O)(=O)NC(=O)c2ccc(N3CCN(Cc4ccccc4NC(C)C)CC3)cc2)ccc1N. The molecule has 0 saturated carbocycles. The van der Waals surface area contributed by atoms with Crippen molar-refractivity contribution < 1.29 is 13.2 Å². The third-order valence-corrected chi connectivity index (χ3v) is 7.83. The highest BCUT2D eigenvalue weighted by Gasteiger charge is 2.21. The highest BCUT2D eigenvalue weighted by molar-refractivity contribution is 7.90. The first kappa shape index (κ1) is 26.5. The van der Waals surface area contributed by atoms with Crippen molar-refractivity contribution in [2.24, 2.45) is 0 Å². The summed E-state index contributed by atoms with van der Waals surface area (Å²) in [6, 6.07) is 20.2. The van der Waals surface area contributed by atoms with E-state index in [-0.39, 0.29) is 10.5 Å². The molecule has 1 aliphatic heterocycles. The molecule has 1 aliphatic rings. The van der Waals surface area contributed by atoms with Gasteiger partial charge in [-0.3, -0.25) is 9.69 Å². The molecule has 1 saturated heterocycles. The van der Waals surface area contributed by atoms with Crippen molar-refractivity contribution in [1.29, 1.82) is 0 Å². The lowest BCUT2D eigenvalue weighted by molar-refractivity contribution is 0.0981. The van der Waals surface area contributed by atoms with E-state index in [4.69, 9.17) is 5.73 Å². The number of carbonyl (C=O) groups excluding carboxylic acids is 1. The average molecular weight is 522 g/mol. The molecule has 1 heterocycles. The number of para-hydroxylation sites is 1. The van der Waals surface area contributed by atoms with Gasteiger partial charge in [-0.1, -0.05) is 18.2 Å². The summed E-state index contributed by atoms with van der Waals surface area (Å²) in [5.74, 6) is -0.667. The maximum Gasteiger partial charge on any atom is 0.264 e. The Hall–Kier alpha value is -3.56. The van der Waals surface area contributed by atoms with Crippen LogP contribution in [0.2, 0.25) is 0 Å². The van der Waals surface area contributed by atoms with E-state index in [1.54, 1.807) is 19.1 Å². The molecule has 0 bridgehead atoms. The number of amides is 1. The van der Waals surface area contributed by atoms with Crippen LogP contribution in [-0.4, -0.2) is 51.4 Å². The van der Waals surface area contributed by atoms with E-state index >= 15 is 0 Å². The van der Waals surface area contributed by atoms with Gasteiger partial charge in [0.15, 0.2) is 0 Å². The number of aryl methyl sites for hydroxylation is 1. The highest BCUT2D eigenvalue weighted by atomic mass is 32.2. The molecule has 0 spiro atoms. The molecule has 0 atom stereocenters. The Morgan fingerprint density at radius 2 is 1.65 bits per heavy atom. The van der Waals surface area contributed by atoms with Crippen molar-refractivity contribution in [2.45, 2.75) is 38.3 Å². The van der Waals surface area contributed by atoms with Crippen LogP contribution in [0.4, 0.5) is 17.1 Å². The Labute approximate surface area is 219 Å². The number of benzene rings is 3. The van der Waals surface area contributed by atoms with Crippen LogP contribution in [0.5, 0.6) is 0 Å². The van der Waals surface area contributed by atoms with Gasteiger partial charge in [-0.25, -0.2) is 13.1 Å². The van der Waals surface area contributed by atoms with Crippen LogP contribution in [0.25, 0.3) is 0 Å². The molecular weight excluding hydrogens is 486 g/mol. The van der Waals surface area contributed by atoms with Gasteiger partial charge in [0, 0.05) is 61.4 Å². The zero-order chi connectivity index (χ0) is 26.6. The number of nitrogens with zero attached hydrogens (tertiary/aromatic N) is 2. The van der Waals surface area contributed by atoms with Crippen molar-refractivity contribution in [2.75, 3.05) is 42.1 Å². The second-order valence-electron chi connectivity index (χ2n) is 9.72. The van der Waals surface area contributed by atoms with Gasteiger partial charge >= 0.3 is 0 Å². The van der Waals surface area contributed by atoms with Gasteiger partial charge in [0.1, 0.15) is 0 Å². The van der Waals surface area contributed by atoms with Gasteiger partial charge < -0.3 is 16.0 Å². The van der Waals surface area contributed by atoms with Crippen LogP contribution in [0.15, 0.2) is 71.6 Å². The molecule has 1 fully saturated rings. The molecule has 37 heavy (non-hydrogen) atoms. The first-order chi connectivity index (χ1) is 17.6. The molecule has 9 heteroatoms. The number of hydrogen-bond donors (Lipinski definition) is 3. The third-order valence-electron chi connectivity index (χ3n) is 6.50. The van der Waals surface area contributed by atoms with Gasteiger partial charge in [0.05, 0.1) is 4.90 Å². The van der Waals surface area contributed by atoms with Crippen LogP contribution in [0.3, 0.4) is 0 Å². The van der Waals surface area contributed by atoms with E-state index in [1.807, 2.05) is 12.1 Å².